The monoisotopic (exact) mass is 315 g/mol. The Morgan fingerprint density at radius 2 is 2.22 bits per heavy atom. The molecule has 1 N–H and O–H groups in total. The van der Waals surface area contributed by atoms with Gasteiger partial charge in [-0.3, -0.25) is 4.68 Å². The Balaban J connectivity index is 1.84. The highest BCUT2D eigenvalue weighted by Crippen LogP contribution is 2.31. The molecule has 0 spiro atoms. The van der Waals surface area contributed by atoms with Crippen molar-refractivity contribution in [1.29, 1.82) is 0 Å². The molecule has 0 saturated carbocycles. The predicted octanol–water partition coefficient (Wildman–Crippen LogP) is 3.20. The second kappa shape index (κ2) is 6.66. The first-order valence-electron chi connectivity index (χ1n) is 8.24. The third kappa shape index (κ3) is 3.52. The third-order valence-corrected chi connectivity index (χ3v) is 4.13. The zero-order chi connectivity index (χ0) is 16.4. The number of aryl methyl sites for hydroxylation is 2. The van der Waals surface area contributed by atoms with Gasteiger partial charge in [0.25, 0.3) is 0 Å². The molecule has 6 heteroatoms. The zero-order valence-corrected chi connectivity index (χ0v) is 14.3. The number of anilines is 1. The molecule has 0 amide bonds. The summed E-state index contributed by atoms with van der Waals surface area (Å²) in [5.41, 5.74) is 3.46. The predicted molar refractivity (Wildman–Crippen MR) is 89.4 cm³/mol. The van der Waals surface area contributed by atoms with Crippen molar-refractivity contribution in [3.8, 4) is 0 Å². The molecule has 6 nitrogen and oxygen atoms in total. The van der Waals surface area contributed by atoms with Crippen LogP contribution in [0.1, 0.15) is 61.5 Å². The second-order valence-electron chi connectivity index (χ2n) is 6.45. The van der Waals surface area contributed by atoms with Crippen LogP contribution in [0.15, 0.2) is 12.3 Å². The lowest BCUT2D eigenvalue weighted by molar-refractivity contribution is 0.177. The van der Waals surface area contributed by atoms with Gasteiger partial charge < -0.3 is 10.1 Å². The van der Waals surface area contributed by atoms with Gasteiger partial charge in [0.2, 0.25) is 0 Å². The highest BCUT2D eigenvalue weighted by molar-refractivity contribution is 5.40. The van der Waals surface area contributed by atoms with Gasteiger partial charge in [0.15, 0.2) is 5.82 Å². The normalized spacial score (nSPS) is 17.3. The fraction of sp³-hybridized carbons (Fsp3) is 0.588. The van der Waals surface area contributed by atoms with Gasteiger partial charge in [-0.2, -0.15) is 5.10 Å². The van der Waals surface area contributed by atoms with Crippen LogP contribution in [0.4, 0.5) is 5.82 Å². The molecular weight excluding hydrogens is 290 g/mol. The van der Waals surface area contributed by atoms with Crippen molar-refractivity contribution in [2.24, 2.45) is 0 Å². The number of nitrogens with zero attached hydrogens (tertiary/aromatic N) is 4. The van der Waals surface area contributed by atoms with Gasteiger partial charge in [-0.15, -0.1) is 0 Å². The minimum absolute atomic E-state index is 0.212. The number of hydrogen-bond donors (Lipinski definition) is 1. The van der Waals surface area contributed by atoms with Crippen molar-refractivity contribution >= 4 is 5.82 Å². The molecule has 2 aromatic heterocycles. The van der Waals surface area contributed by atoms with Gasteiger partial charge in [0, 0.05) is 31.1 Å². The van der Waals surface area contributed by atoms with Crippen LogP contribution < -0.4 is 5.32 Å². The van der Waals surface area contributed by atoms with E-state index in [1.807, 2.05) is 13.0 Å². The maximum Gasteiger partial charge on any atom is 0.156 e. The number of fused-ring (bicyclic) bond motifs is 1. The van der Waals surface area contributed by atoms with Gasteiger partial charge in [-0.1, -0.05) is 0 Å². The van der Waals surface area contributed by atoms with Crippen LogP contribution in [0.3, 0.4) is 0 Å². The van der Waals surface area contributed by atoms with E-state index in [9.17, 15) is 0 Å². The fourth-order valence-corrected chi connectivity index (χ4v) is 3.04. The fourth-order valence-electron chi connectivity index (χ4n) is 3.04. The summed E-state index contributed by atoms with van der Waals surface area (Å²) in [5, 5.41) is 8.34. The molecule has 2 heterocycles. The number of rotatable bonds is 5. The largest absolute Gasteiger partial charge is 0.377 e. The van der Waals surface area contributed by atoms with Crippen LogP contribution in [0.5, 0.6) is 0 Å². The molecule has 2 aromatic rings. The van der Waals surface area contributed by atoms with Crippen LogP contribution in [-0.2, 0) is 17.8 Å². The maximum atomic E-state index is 5.15. The van der Waals surface area contributed by atoms with E-state index in [2.05, 4.69) is 40.0 Å². The topological polar surface area (TPSA) is 64.9 Å². The molecule has 124 valence electrons. The van der Waals surface area contributed by atoms with Gasteiger partial charge in [0.1, 0.15) is 12.4 Å². The van der Waals surface area contributed by atoms with E-state index < -0.39 is 0 Å². The zero-order valence-electron chi connectivity index (χ0n) is 14.3. The van der Waals surface area contributed by atoms with E-state index in [4.69, 9.17) is 9.84 Å². The number of methoxy groups -OCH3 is 1. The van der Waals surface area contributed by atoms with E-state index in [1.165, 1.54) is 12.0 Å². The summed E-state index contributed by atoms with van der Waals surface area (Å²) in [5.74, 6) is 1.56. The van der Waals surface area contributed by atoms with Crippen LogP contribution >= 0.6 is 0 Å². The molecule has 0 aromatic carbocycles. The van der Waals surface area contributed by atoms with Crippen molar-refractivity contribution in [3.63, 3.8) is 0 Å². The Hall–Kier alpha value is -1.95. The smallest absolute Gasteiger partial charge is 0.156 e. The molecule has 1 unspecified atom stereocenters. The SMILES string of the molecule is COCc1nc(C)cc(NC2CCCc3cn(C(C)C)nc32)n1. The summed E-state index contributed by atoms with van der Waals surface area (Å²) in [6.45, 7) is 6.72. The quantitative estimate of drug-likeness (QED) is 0.918. The number of aromatic nitrogens is 4. The van der Waals surface area contributed by atoms with E-state index in [1.54, 1.807) is 7.11 Å². The average molecular weight is 315 g/mol. The Kier molecular flexibility index (Phi) is 4.61. The lowest BCUT2D eigenvalue weighted by Crippen LogP contribution is -2.18. The molecule has 0 saturated heterocycles. The van der Waals surface area contributed by atoms with Crippen LogP contribution in [-0.4, -0.2) is 26.9 Å². The van der Waals surface area contributed by atoms with Crippen molar-refractivity contribution in [2.75, 3.05) is 12.4 Å². The van der Waals surface area contributed by atoms with E-state index in [0.717, 1.165) is 30.0 Å². The summed E-state index contributed by atoms with van der Waals surface area (Å²) < 4.78 is 7.21. The highest BCUT2D eigenvalue weighted by atomic mass is 16.5. The highest BCUT2D eigenvalue weighted by Gasteiger charge is 2.24. The molecule has 0 bridgehead atoms. The minimum Gasteiger partial charge on any atom is -0.377 e. The van der Waals surface area contributed by atoms with Crippen molar-refractivity contribution < 1.29 is 4.74 Å². The average Bonchev–Trinajstić information content (AvgIpc) is 2.92. The van der Waals surface area contributed by atoms with E-state index >= 15 is 0 Å². The molecular formula is C17H25N5O. The Morgan fingerprint density at radius 1 is 1.39 bits per heavy atom. The molecule has 0 aliphatic heterocycles. The summed E-state index contributed by atoms with van der Waals surface area (Å²) in [4.78, 5) is 8.94. The molecule has 1 aliphatic carbocycles. The van der Waals surface area contributed by atoms with E-state index in [0.29, 0.717) is 18.5 Å². The molecule has 3 rings (SSSR count). The van der Waals surface area contributed by atoms with Gasteiger partial charge in [0.05, 0.1) is 11.7 Å². The first-order valence-corrected chi connectivity index (χ1v) is 8.24. The van der Waals surface area contributed by atoms with Crippen LogP contribution in [0.25, 0.3) is 0 Å². The van der Waals surface area contributed by atoms with Gasteiger partial charge in [-0.05, 0) is 45.6 Å². The first kappa shape index (κ1) is 15.9. The van der Waals surface area contributed by atoms with Gasteiger partial charge in [-0.25, -0.2) is 9.97 Å². The number of ether oxygens (including phenoxy) is 1. The lowest BCUT2D eigenvalue weighted by atomic mass is 9.94. The number of hydrogen-bond acceptors (Lipinski definition) is 5. The third-order valence-electron chi connectivity index (χ3n) is 4.13. The first-order chi connectivity index (χ1) is 11.1. The second-order valence-corrected chi connectivity index (χ2v) is 6.45. The Bertz CT molecular complexity index is 680. The van der Waals surface area contributed by atoms with Crippen molar-refractivity contribution in [2.45, 2.75) is 58.7 Å². The Labute approximate surface area is 137 Å². The summed E-state index contributed by atoms with van der Waals surface area (Å²) >= 11 is 0. The Morgan fingerprint density at radius 3 is 2.96 bits per heavy atom. The molecule has 23 heavy (non-hydrogen) atoms. The summed E-state index contributed by atoms with van der Waals surface area (Å²) in [6.07, 6.45) is 5.54. The summed E-state index contributed by atoms with van der Waals surface area (Å²) in [7, 11) is 1.66. The molecule has 1 atom stereocenters. The minimum atomic E-state index is 0.212. The van der Waals surface area contributed by atoms with Crippen molar-refractivity contribution in [3.05, 3.63) is 35.0 Å². The molecule has 0 fully saturated rings. The molecule has 1 aliphatic rings. The maximum absolute atomic E-state index is 5.15. The lowest BCUT2D eigenvalue weighted by Gasteiger charge is -2.23. The van der Waals surface area contributed by atoms with Crippen LogP contribution in [0.2, 0.25) is 0 Å². The van der Waals surface area contributed by atoms with Crippen LogP contribution in [0, 0.1) is 6.92 Å². The van der Waals surface area contributed by atoms with Crippen molar-refractivity contribution in [1.82, 2.24) is 19.7 Å². The standard InChI is InChI=1S/C17H25N5O/c1-11(2)22-9-13-6-5-7-14(17(13)21-22)19-15-8-12(3)18-16(20-15)10-23-4/h8-9,11,14H,5-7,10H2,1-4H3,(H,18,19,20). The number of nitrogens with one attached hydrogen (secondary N) is 1. The van der Waals surface area contributed by atoms with Gasteiger partial charge >= 0.3 is 0 Å². The summed E-state index contributed by atoms with van der Waals surface area (Å²) in [6, 6.07) is 2.58. The molecule has 0 radical (unpaired) electrons. The van der Waals surface area contributed by atoms with E-state index in [-0.39, 0.29) is 6.04 Å².